The van der Waals surface area contributed by atoms with Gasteiger partial charge in [-0.3, -0.25) is 0 Å². The number of hydrogen-bond donors (Lipinski definition) is 0. The fourth-order valence-corrected chi connectivity index (χ4v) is 5.83. The summed E-state index contributed by atoms with van der Waals surface area (Å²) in [4.78, 5) is 15.5. The molecule has 0 N–H and O–H groups in total. The van der Waals surface area contributed by atoms with Gasteiger partial charge >= 0.3 is 0 Å². The van der Waals surface area contributed by atoms with E-state index in [9.17, 15) is 0 Å². The summed E-state index contributed by atoms with van der Waals surface area (Å²) in [6, 6.07) is 15.8. The van der Waals surface area contributed by atoms with Crippen molar-refractivity contribution in [2.24, 2.45) is 0 Å². The molecule has 3 heteroatoms. The van der Waals surface area contributed by atoms with E-state index in [0.29, 0.717) is 0 Å². The molecule has 0 aliphatic rings. The molecule has 0 fully saturated rings. The fourth-order valence-electron chi connectivity index (χ4n) is 5.83. The second-order valence-corrected chi connectivity index (χ2v) is 12.3. The van der Waals surface area contributed by atoms with E-state index in [1.165, 1.54) is 95.9 Å². The van der Waals surface area contributed by atoms with E-state index in [1.807, 2.05) is 0 Å². The summed E-state index contributed by atoms with van der Waals surface area (Å²) in [5, 5.41) is 0. The summed E-state index contributed by atoms with van der Waals surface area (Å²) in [5.74, 6) is 2.28. The Balaban J connectivity index is 1.87. The van der Waals surface area contributed by atoms with Gasteiger partial charge < -0.3 is 0 Å². The summed E-state index contributed by atoms with van der Waals surface area (Å²) in [7, 11) is 0. The summed E-state index contributed by atoms with van der Waals surface area (Å²) in [6.07, 6.45) is 12.3. The van der Waals surface area contributed by atoms with Gasteiger partial charge in [-0.1, -0.05) is 82.7 Å². The van der Waals surface area contributed by atoms with Crippen LogP contribution in [-0.4, -0.2) is 15.0 Å². The smallest absolute Gasteiger partial charge is 0.164 e. The van der Waals surface area contributed by atoms with Crippen LogP contribution in [0.25, 0.3) is 34.2 Å². The third-order valence-electron chi connectivity index (χ3n) is 9.18. The van der Waals surface area contributed by atoms with Crippen LogP contribution in [0.1, 0.15) is 110 Å². The van der Waals surface area contributed by atoms with Crippen LogP contribution in [-0.2, 0) is 12.8 Å². The first-order valence-corrected chi connectivity index (χ1v) is 16.3. The highest BCUT2D eigenvalue weighted by molar-refractivity contribution is 5.71. The predicted molar refractivity (Wildman–Crippen MR) is 180 cm³/mol. The largest absolute Gasteiger partial charge is 0.208 e. The van der Waals surface area contributed by atoms with Crippen LogP contribution in [0.3, 0.4) is 0 Å². The van der Waals surface area contributed by atoms with E-state index in [-0.39, 0.29) is 0 Å². The van der Waals surface area contributed by atoms with Gasteiger partial charge in [0.25, 0.3) is 0 Å². The third kappa shape index (κ3) is 7.54. The lowest BCUT2D eigenvalue weighted by atomic mass is 9.96. The monoisotopic (exact) mass is 561 g/mol. The minimum absolute atomic E-state index is 0.756. The number of nitrogens with zero attached hydrogens (tertiary/aromatic N) is 3. The van der Waals surface area contributed by atoms with E-state index in [0.717, 1.165) is 47.0 Å². The number of hydrogen-bond acceptors (Lipinski definition) is 3. The van der Waals surface area contributed by atoms with Gasteiger partial charge in [-0.05, 0) is 124 Å². The van der Waals surface area contributed by atoms with Crippen molar-refractivity contribution in [3.05, 3.63) is 87.0 Å². The predicted octanol–water partition coefficient (Wildman–Crippen LogP) is 11.0. The Kier molecular flexibility index (Phi) is 11.1. The normalized spacial score (nSPS) is 11.3. The van der Waals surface area contributed by atoms with Gasteiger partial charge in [0.2, 0.25) is 0 Å². The average molecular weight is 562 g/mol. The number of benzene rings is 3. The van der Waals surface area contributed by atoms with Gasteiger partial charge in [0.15, 0.2) is 17.5 Å². The molecule has 0 atom stereocenters. The van der Waals surface area contributed by atoms with Gasteiger partial charge in [0.1, 0.15) is 0 Å². The number of aromatic nitrogens is 3. The molecular weight excluding hydrogens is 510 g/mol. The molecule has 3 aromatic carbocycles. The van der Waals surface area contributed by atoms with Crippen molar-refractivity contribution in [2.75, 3.05) is 0 Å². The molecule has 42 heavy (non-hydrogen) atoms. The molecule has 0 amide bonds. The van der Waals surface area contributed by atoms with Crippen molar-refractivity contribution in [3.8, 4) is 34.2 Å². The molecule has 0 saturated heterocycles. The van der Waals surface area contributed by atoms with Crippen molar-refractivity contribution < 1.29 is 0 Å². The number of aryl methyl sites for hydroxylation is 4. The van der Waals surface area contributed by atoms with Gasteiger partial charge in [-0.15, -0.1) is 0 Å². The molecule has 0 spiro atoms. The van der Waals surface area contributed by atoms with Gasteiger partial charge in [0, 0.05) is 16.7 Å². The molecule has 222 valence electrons. The second kappa shape index (κ2) is 14.7. The van der Waals surface area contributed by atoms with Crippen molar-refractivity contribution >= 4 is 0 Å². The molecule has 4 aromatic rings. The zero-order valence-electron chi connectivity index (χ0n) is 27.5. The number of unbranched alkanes of at least 4 members (excludes halogenated alkanes) is 6. The molecule has 0 radical (unpaired) electrons. The van der Waals surface area contributed by atoms with E-state index >= 15 is 0 Å². The van der Waals surface area contributed by atoms with Crippen LogP contribution in [0.15, 0.2) is 42.5 Å². The zero-order valence-corrected chi connectivity index (χ0v) is 27.5. The van der Waals surface area contributed by atoms with Crippen LogP contribution in [0.5, 0.6) is 0 Å². The maximum absolute atomic E-state index is 5.18. The lowest BCUT2D eigenvalue weighted by Gasteiger charge is -2.15. The molecule has 4 rings (SSSR count). The summed E-state index contributed by atoms with van der Waals surface area (Å²) in [6.45, 7) is 17.7. The Labute approximate surface area is 255 Å². The van der Waals surface area contributed by atoms with Gasteiger partial charge in [0.05, 0.1) is 0 Å². The highest BCUT2D eigenvalue weighted by atomic mass is 15.0. The van der Waals surface area contributed by atoms with Crippen LogP contribution < -0.4 is 0 Å². The Morgan fingerprint density at radius 2 is 0.881 bits per heavy atom. The van der Waals surface area contributed by atoms with Crippen LogP contribution in [0.2, 0.25) is 0 Å². The molecule has 0 saturated carbocycles. The van der Waals surface area contributed by atoms with Crippen molar-refractivity contribution in [1.29, 1.82) is 0 Å². The van der Waals surface area contributed by atoms with E-state index in [4.69, 9.17) is 15.0 Å². The van der Waals surface area contributed by atoms with Crippen molar-refractivity contribution in [3.63, 3.8) is 0 Å². The molecule has 1 heterocycles. The standard InChI is InChI=1S/C39H51N3/c1-9-11-13-15-17-32-23-33(18-16-14-12-10-2)25-34(24-32)37-40-38(35-21-19-26(3)28(5)30(35)7)42-39(41-37)36-22-20-27(4)29(6)31(36)8/h19-25H,9-18H2,1-8H3. The zero-order chi connectivity index (χ0) is 30.2. The number of rotatable bonds is 13. The summed E-state index contributed by atoms with van der Waals surface area (Å²) < 4.78 is 0. The lowest BCUT2D eigenvalue weighted by Crippen LogP contribution is -2.04. The second-order valence-electron chi connectivity index (χ2n) is 12.3. The fraction of sp³-hybridized carbons (Fsp3) is 0.462. The summed E-state index contributed by atoms with van der Waals surface area (Å²) in [5.41, 5.74) is 13.7. The lowest BCUT2D eigenvalue weighted by molar-refractivity contribution is 0.661. The average Bonchev–Trinajstić information content (AvgIpc) is 2.99. The third-order valence-corrected chi connectivity index (χ3v) is 9.18. The van der Waals surface area contributed by atoms with Crippen LogP contribution >= 0.6 is 0 Å². The van der Waals surface area contributed by atoms with E-state index < -0.39 is 0 Å². The minimum atomic E-state index is 0.756. The first-order chi connectivity index (χ1) is 20.2. The quantitative estimate of drug-likeness (QED) is 0.152. The topological polar surface area (TPSA) is 38.7 Å². The Morgan fingerprint density at radius 3 is 1.31 bits per heavy atom. The maximum atomic E-state index is 5.18. The molecule has 0 aliphatic heterocycles. The first kappa shape index (κ1) is 31.6. The molecular formula is C39H51N3. The minimum Gasteiger partial charge on any atom is -0.208 e. The highest BCUT2D eigenvalue weighted by Gasteiger charge is 2.18. The van der Waals surface area contributed by atoms with Gasteiger partial charge in [-0.25, -0.2) is 15.0 Å². The highest BCUT2D eigenvalue weighted by Crippen LogP contribution is 2.32. The van der Waals surface area contributed by atoms with Gasteiger partial charge in [-0.2, -0.15) is 0 Å². The Hall–Kier alpha value is -3.33. The molecule has 0 bridgehead atoms. The SMILES string of the molecule is CCCCCCc1cc(CCCCCC)cc(-c2nc(-c3ccc(C)c(C)c3C)nc(-c3ccc(C)c(C)c3C)n2)c1. The molecule has 3 nitrogen and oxygen atoms in total. The van der Waals surface area contributed by atoms with Crippen LogP contribution in [0, 0.1) is 41.5 Å². The molecule has 0 aliphatic carbocycles. The van der Waals surface area contributed by atoms with E-state index in [2.05, 4.69) is 97.9 Å². The molecule has 1 aromatic heterocycles. The van der Waals surface area contributed by atoms with Crippen molar-refractivity contribution in [2.45, 2.75) is 120 Å². The van der Waals surface area contributed by atoms with E-state index in [1.54, 1.807) is 0 Å². The molecule has 0 unspecified atom stereocenters. The Bertz CT molecular complexity index is 1410. The maximum Gasteiger partial charge on any atom is 0.164 e. The van der Waals surface area contributed by atoms with Crippen LogP contribution in [0.4, 0.5) is 0 Å². The van der Waals surface area contributed by atoms with Crippen molar-refractivity contribution in [1.82, 2.24) is 15.0 Å². The summed E-state index contributed by atoms with van der Waals surface area (Å²) >= 11 is 0. The Morgan fingerprint density at radius 1 is 0.452 bits per heavy atom. The first-order valence-electron chi connectivity index (χ1n) is 16.3.